The molecule has 0 N–H and O–H groups in total. The van der Waals surface area contributed by atoms with Crippen molar-refractivity contribution in [2.45, 2.75) is 6.54 Å². The number of methoxy groups -OCH3 is 1. The molecular formula is C14H20N2O2. The summed E-state index contributed by atoms with van der Waals surface area (Å²) in [5, 5.41) is 0. The second-order valence-electron chi connectivity index (χ2n) is 4.73. The monoisotopic (exact) mass is 248 g/mol. The molecule has 1 saturated heterocycles. The third-order valence-electron chi connectivity index (χ3n) is 3.41. The van der Waals surface area contributed by atoms with Gasteiger partial charge in [-0.1, -0.05) is 18.2 Å². The zero-order valence-electron chi connectivity index (χ0n) is 11.1. The van der Waals surface area contributed by atoms with Gasteiger partial charge in [-0.15, -0.1) is 0 Å². The molecule has 0 unspecified atom stereocenters. The summed E-state index contributed by atoms with van der Waals surface area (Å²) < 4.78 is 4.82. The first-order chi connectivity index (χ1) is 8.70. The molecule has 0 saturated carbocycles. The Balaban J connectivity index is 2.07. The van der Waals surface area contributed by atoms with Crippen molar-refractivity contribution in [2.24, 2.45) is 0 Å². The summed E-state index contributed by atoms with van der Waals surface area (Å²) in [4.78, 5) is 16.4. The summed E-state index contributed by atoms with van der Waals surface area (Å²) in [6, 6.07) is 7.68. The van der Waals surface area contributed by atoms with E-state index in [2.05, 4.69) is 16.8 Å². The van der Waals surface area contributed by atoms with Gasteiger partial charge < -0.3 is 9.64 Å². The molecule has 1 fully saturated rings. The van der Waals surface area contributed by atoms with Crippen LogP contribution in [0.2, 0.25) is 0 Å². The van der Waals surface area contributed by atoms with E-state index >= 15 is 0 Å². The van der Waals surface area contributed by atoms with Gasteiger partial charge in [-0.3, -0.25) is 4.90 Å². The van der Waals surface area contributed by atoms with Crippen LogP contribution in [0.3, 0.4) is 0 Å². The number of hydrogen-bond acceptors (Lipinski definition) is 4. The SMILES string of the molecule is COC(=O)c1ccccc1CN1CCN(C)CC1. The fourth-order valence-corrected chi connectivity index (χ4v) is 2.21. The Morgan fingerprint density at radius 2 is 1.89 bits per heavy atom. The first kappa shape index (κ1) is 13.1. The first-order valence-corrected chi connectivity index (χ1v) is 6.28. The van der Waals surface area contributed by atoms with Crippen LogP contribution in [0.25, 0.3) is 0 Å². The second-order valence-corrected chi connectivity index (χ2v) is 4.73. The summed E-state index contributed by atoms with van der Waals surface area (Å²) in [6.45, 7) is 5.08. The lowest BCUT2D eigenvalue weighted by Crippen LogP contribution is -2.44. The van der Waals surface area contributed by atoms with Crippen molar-refractivity contribution >= 4 is 5.97 Å². The number of piperazine rings is 1. The average molecular weight is 248 g/mol. The third kappa shape index (κ3) is 3.09. The Bertz CT molecular complexity index is 412. The van der Waals surface area contributed by atoms with Gasteiger partial charge in [0, 0.05) is 32.7 Å². The van der Waals surface area contributed by atoms with E-state index in [-0.39, 0.29) is 5.97 Å². The van der Waals surface area contributed by atoms with Crippen molar-refractivity contribution in [3.63, 3.8) is 0 Å². The average Bonchev–Trinajstić information content (AvgIpc) is 2.41. The summed E-state index contributed by atoms with van der Waals surface area (Å²) in [6.07, 6.45) is 0. The molecular weight excluding hydrogens is 228 g/mol. The summed E-state index contributed by atoms with van der Waals surface area (Å²) in [5.41, 5.74) is 1.73. The number of ether oxygens (including phenoxy) is 1. The van der Waals surface area contributed by atoms with Crippen LogP contribution >= 0.6 is 0 Å². The molecule has 0 radical (unpaired) electrons. The quantitative estimate of drug-likeness (QED) is 0.753. The molecule has 2 rings (SSSR count). The van der Waals surface area contributed by atoms with Crippen molar-refractivity contribution in [1.82, 2.24) is 9.80 Å². The van der Waals surface area contributed by atoms with Gasteiger partial charge in [-0.2, -0.15) is 0 Å². The van der Waals surface area contributed by atoms with Crippen LogP contribution in [-0.2, 0) is 11.3 Å². The molecule has 18 heavy (non-hydrogen) atoms. The maximum absolute atomic E-state index is 11.7. The molecule has 98 valence electrons. The lowest BCUT2D eigenvalue weighted by atomic mass is 10.1. The van der Waals surface area contributed by atoms with Crippen LogP contribution in [0.15, 0.2) is 24.3 Å². The van der Waals surface area contributed by atoms with E-state index in [0.29, 0.717) is 5.56 Å². The summed E-state index contributed by atoms with van der Waals surface area (Å²) in [7, 11) is 3.56. The van der Waals surface area contributed by atoms with Crippen molar-refractivity contribution in [3.05, 3.63) is 35.4 Å². The Labute approximate surface area is 108 Å². The number of carbonyl (C=O) groups is 1. The van der Waals surface area contributed by atoms with E-state index in [9.17, 15) is 4.79 Å². The zero-order chi connectivity index (χ0) is 13.0. The highest BCUT2D eigenvalue weighted by Crippen LogP contribution is 2.14. The number of hydrogen-bond donors (Lipinski definition) is 0. The normalized spacial score (nSPS) is 17.7. The number of likely N-dealkylation sites (N-methyl/N-ethyl adjacent to an activating group) is 1. The summed E-state index contributed by atoms with van der Waals surface area (Å²) in [5.74, 6) is -0.250. The molecule has 1 aromatic rings. The standard InChI is InChI=1S/C14H20N2O2/c1-15-7-9-16(10-8-15)11-12-5-3-4-6-13(12)14(17)18-2/h3-6H,7-11H2,1-2H3. The van der Waals surface area contributed by atoms with E-state index in [1.165, 1.54) is 7.11 Å². The molecule has 1 aromatic carbocycles. The molecule has 0 atom stereocenters. The summed E-state index contributed by atoms with van der Waals surface area (Å²) >= 11 is 0. The molecule has 0 spiro atoms. The number of rotatable bonds is 3. The van der Waals surface area contributed by atoms with E-state index in [4.69, 9.17) is 4.74 Å². The van der Waals surface area contributed by atoms with Gasteiger partial charge in [0.05, 0.1) is 12.7 Å². The largest absolute Gasteiger partial charge is 0.465 e. The van der Waals surface area contributed by atoms with E-state index in [1.807, 2.05) is 24.3 Å². The molecule has 1 heterocycles. The molecule has 1 aliphatic rings. The lowest BCUT2D eigenvalue weighted by Gasteiger charge is -2.32. The molecule has 0 aromatic heterocycles. The maximum atomic E-state index is 11.7. The van der Waals surface area contributed by atoms with Gasteiger partial charge in [0.15, 0.2) is 0 Å². The van der Waals surface area contributed by atoms with Crippen LogP contribution < -0.4 is 0 Å². The zero-order valence-corrected chi connectivity index (χ0v) is 11.1. The minimum absolute atomic E-state index is 0.250. The fraction of sp³-hybridized carbons (Fsp3) is 0.500. The molecule has 0 bridgehead atoms. The predicted octanol–water partition coefficient (Wildman–Crippen LogP) is 1.22. The van der Waals surface area contributed by atoms with Crippen LogP contribution in [0.4, 0.5) is 0 Å². The highest BCUT2D eigenvalue weighted by atomic mass is 16.5. The molecule has 0 aliphatic carbocycles. The van der Waals surface area contributed by atoms with Gasteiger partial charge >= 0.3 is 5.97 Å². The highest BCUT2D eigenvalue weighted by molar-refractivity contribution is 5.90. The molecule has 4 nitrogen and oxygen atoms in total. The van der Waals surface area contributed by atoms with Gasteiger partial charge in [0.1, 0.15) is 0 Å². The van der Waals surface area contributed by atoms with Crippen molar-refractivity contribution < 1.29 is 9.53 Å². The Morgan fingerprint density at radius 3 is 2.56 bits per heavy atom. The van der Waals surface area contributed by atoms with Crippen LogP contribution in [0.5, 0.6) is 0 Å². The Kier molecular flexibility index (Phi) is 4.33. The Hall–Kier alpha value is -1.39. The van der Waals surface area contributed by atoms with Crippen LogP contribution in [0, 0.1) is 0 Å². The first-order valence-electron chi connectivity index (χ1n) is 6.28. The second kappa shape index (κ2) is 5.98. The van der Waals surface area contributed by atoms with Gasteiger partial charge in [0.2, 0.25) is 0 Å². The van der Waals surface area contributed by atoms with Crippen LogP contribution in [-0.4, -0.2) is 56.1 Å². The maximum Gasteiger partial charge on any atom is 0.338 e. The molecule has 0 amide bonds. The van der Waals surface area contributed by atoms with Gasteiger partial charge in [0.25, 0.3) is 0 Å². The lowest BCUT2D eigenvalue weighted by molar-refractivity contribution is 0.0597. The van der Waals surface area contributed by atoms with Crippen molar-refractivity contribution in [3.8, 4) is 0 Å². The van der Waals surface area contributed by atoms with Gasteiger partial charge in [-0.25, -0.2) is 4.79 Å². The number of benzene rings is 1. The third-order valence-corrected chi connectivity index (χ3v) is 3.41. The minimum atomic E-state index is -0.250. The molecule has 4 heteroatoms. The number of esters is 1. The molecule has 1 aliphatic heterocycles. The van der Waals surface area contributed by atoms with E-state index in [1.54, 1.807) is 0 Å². The predicted molar refractivity (Wildman–Crippen MR) is 70.6 cm³/mol. The minimum Gasteiger partial charge on any atom is -0.465 e. The number of nitrogens with zero attached hydrogens (tertiary/aromatic N) is 2. The van der Waals surface area contributed by atoms with E-state index in [0.717, 1.165) is 38.3 Å². The van der Waals surface area contributed by atoms with E-state index < -0.39 is 0 Å². The highest BCUT2D eigenvalue weighted by Gasteiger charge is 2.17. The van der Waals surface area contributed by atoms with Crippen LogP contribution in [0.1, 0.15) is 15.9 Å². The number of carbonyl (C=O) groups excluding carboxylic acids is 1. The van der Waals surface area contributed by atoms with Crippen molar-refractivity contribution in [2.75, 3.05) is 40.3 Å². The smallest absolute Gasteiger partial charge is 0.338 e. The van der Waals surface area contributed by atoms with Gasteiger partial charge in [-0.05, 0) is 18.7 Å². The van der Waals surface area contributed by atoms with Crippen molar-refractivity contribution in [1.29, 1.82) is 0 Å². The fourth-order valence-electron chi connectivity index (χ4n) is 2.21. The Morgan fingerprint density at radius 1 is 1.22 bits per heavy atom. The topological polar surface area (TPSA) is 32.8 Å².